The van der Waals surface area contributed by atoms with Crippen molar-refractivity contribution in [2.24, 2.45) is 0 Å². The number of nitrogens with zero attached hydrogens (tertiary/aromatic N) is 5. The maximum atomic E-state index is 13.3. The second kappa shape index (κ2) is 15.6. The lowest BCUT2D eigenvalue weighted by atomic mass is 10.2. The highest BCUT2D eigenvalue weighted by molar-refractivity contribution is 7.99. The summed E-state index contributed by atoms with van der Waals surface area (Å²) < 4.78 is 58.0. The maximum Gasteiger partial charge on any atom is 0.243 e. The molecule has 4 rings (SSSR count). The molecule has 1 heterocycles. The first-order chi connectivity index (χ1) is 22.0. The van der Waals surface area contributed by atoms with Gasteiger partial charge in [-0.1, -0.05) is 94.9 Å². The van der Waals surface area contributed by atoms with Crippen molar-refractivity contribution < 1.29 is 16.8 Å². The van der Waals surface area contributed by atoms with Gasteiger partial charge in [0, 0.05) is 49.2 Å². The monoisotopic (exact) mass is 684 g/mol. The zero-order valence-electron chi connectivity index (χ0n) is 27.3. The summed E-state index contributed by atoms with van der Waals surface area (Å²) >= 11 is 1.55. The van der Waals surface area contributed by atoms with Crippen molar-refractivity contribution in [1.29, 1.82) is 0 Å². The minimum atomic E-state index is -3.65. The van der Waals surface area contributed by atoms with E-state index in [9.17, 15) is 16.8 Å². The van der Waals surface area contributed by atoms with Crippen molar-refractivity contribution in [3.05, 3.63) is 83.9 Å². The zero-order chi connectivity index (χ0) is 33.5. The Kier molecular flexibility index (Phi) is 12.1. The molecule has 0 saturated carbocycles. The second-order valence-corrected chi connectivity index (χ2v) is 16.1. The van der Waals surface area contributed by atoms with E-state index < -0.39 is 20.0 Å². The van der Waals surface area contributed by atoms with Gasteiger partial charge in [-0.05, 0) is 42.3 Å². The molecule has 248 valence electrons. The highest BCUT2D eigenvalue weighted by Crippen LogP contribution is 2.30. The van der Waals surface area contributed by atoms with E-state index >= 15 is 0 Å². The summed E-state index contributed by atoms with van der Waals surface area (Å²) in [4.78, 5) is 0.522. The molecule has 0 spiro atoms. The van der Waals surface area contributed by atoms with Crippen molar-refractivity contribution >= 4 is 37.5 Å². The van der Waals surface area contributed by atoms with Crippen molar-refractivity contribution in [3.8, 4) is 11.4 Å². The second-order valence-electron chi connectivity index (χ2n) is 10.9. The van der Waals surface area contributed by atoms with Crippen LogP contribution in [0.1, 0.15) is 45.7 Å². The van der Waals surface area contributed by atoms with E-state index in [2.05, 4.69) is 22.4 Å². The third kappa shape index (κ3) is 8.00. The third-order valence-corrected chi connectivity index (χ3v) is 13.1. The number of hydrogen-bond acceptors (Lipinski definition) is 8. The third-order valence-electron chi connectivity index (χ3n) is 7.75. The Labute approximate surface area is 278 Å². The predicted molar refractivity (Wildman–Crippen MR) is 186 cm³/mol. The molecule has 0 aliphatic heterocycles. The van der Waals surface area contributed by atoms with Crippen LogP contribution >= 0.6 is 11.8 Å². The smallest absolute Gasteiger partial charge is 0.243 e. The van der Waals surface area contributed by atoms with Gasteiger partial charge in [-0.25, -0.2) is 16.8 Å². The molecule has 0 saturated heterocycles. The average molecular weight is 685 g/mol. The van der Waals surface area contributed by atoms with Crippen LogP contribution in [0.2, 0.25) is 0 Å². The highest BCUT2D eigenvalue weighted by atomic mass is 32.2. The van der Waals surface area contributed by atoms with Gasteiger partial charge in [0.05, 0.1) is 16.3 Å². The Bertz CT molecular complexity index is 1820. The molecule has 1 atom stereocenters. The number of nitrogens with one attached hydrogen (secondary N) is 1. The van der Waals surface area contributed by atoms with Crippen LogP contribution in [0.25, 0.3) is 11.4 Å². The van der Waals surface area contributed by atoms with E-state index in [4.69, 9.17) is 0 Å². The zero-order valence-corrected chi connectivity index (χ0v) is 29.8. The van der Waals surface area contributed by atoms with E-state index in [0.29, 0.717) is 66.3 Å². The van der Waals surface area contributed by atoms with Crippen LogP contribution in [0, 0.1) is 6.92 Å². The van der Waals surface area contributed by atoms with Crippen molar-refractivity contribution in [3.63, 3.8) is 0 Å². The lowest BCUT2D eigenvalue weighted by molar-refractivity contribution is 0.444. The van der Waals surface area contributed by atoms with E-state index in [-0.39, 0.29) is 10.1 Å². The van der Waals surface area contributed by atoms with Gasteiger partial charge < -0.3 is 5.32 Å². The fourth-order valence-corrected chi connectivity index (χ4v) is 9.29. The van der Waals surface area contributed by atoms with Crippen LogP contribution in [-0.2, 0) is 26.6 Å². The minimum absolute atomic E-state index is 0.0325. The average Bonchev–Trinajstić information content (AvgIpc) is 3.43. The minimum Gasteiger partial charge on any atom is -0.384 e. The topological polar surface area (TPSA) is 117 Å². The number of hydrogen-bond donors (Lipinski definition) is 1. The first kappa shape index (κ1) is 35.6. The Morgan fingerprint density at radius 3 is 2.11 bits per heavy atom. The first-order valence-corrected chi connectivity index (χ1v) is 19.3. The molecule has 3 aromatic carbocycles. The van der Waals surface area contributed by atoms with Crippen molar-refractivity contribution in [2.45, 2.75) is 68.3 Å². The summed E-state index contributed by atoms with van der Waals surface area (Å²) in [5.74, 6) is 0.577. The number of anilines is 1. The quantitative estimate of drug-likeness (QED) is 0.144. The van der Waals surface area contributed by atoms with E-state index in [1.165, 1.54) is 8.61 Å². The van der Waals surface area contributed by atoms with Crippen LogP contribution in [0.3, 0.4) is 0 Å². The van der Waals surface area contributed by atoms with Gasteiger partial charge in [-0.2, -0.15) is 8.61 Å². The Morgan fingerprint density at radius 2 is 1.46 bits per heavy atom. The van der Waals surface area contributed by atoms with Crippen LogP contribution in [0.5, 0.6) is 0 Å². The lowest BCUT2D eigenvalue weighted by Gasteiger charge is -2.21. The molecule has 1 aromatic heterocycles. The summed E-state index contributed by atoms with van der Waals surface area (Å²) in [7, 11) is -7.25. The van der Waals surface area contributed by atoms with E-state index in [1.54, 1.807) is 36.0 Å². The fourth-order valence-electron chi connectivity index (χ4n) is 5.18. The molecule has 1 unspecified atom stereocenters. The van der Waals surface area contributed by atoms with Gasteiger partial charge in [-0.3, -0.25) is 4.57 Å². The summed E-state index contributed by atoms with van der Waals surface area (Å²) in [6.45, 7) is 13.8. The van der Waals surface area contributed by atoms with Gasteiger partial charge in [-0.15, -0.1) is 10.2 Å². The normalized spacial score (nSPS) is 13.0. The largest absolute Gasteiger partial charge is 0.384 e. The highest BCUT2D eigenvalue weighted by Gasteiger charge is 2.25. The number of rotatable bonds is 16. The van der Waals surface area contributed by atoms with Crippen LogP contribution in [-0.4, -0.2) is 78.2 Å². The molecule has 0 fully saturated rings. The fraction of sp³-hybridized carbons (Fsp3) is 0.394. The Balaban J connectivity index is 1.60. The van der Waals surface area contributed by atoms with Gasteiger partial charge in [0.2, 0.25) is 20.0 Å². The molecule has 46 heavy (non-hydrogen) atoms. The molecule has 0 amide bonds. The Morgan fingerprint density at radius 1 is 0.804 bits per heavy atom. The van der Waals surface area contributed by atoms with Gasteiger partial charge in [0.25, 0.3) is 0 Å². The van der Waals surface area contributed by atoms with Gasteiger partial charge >= 0.3 is 0 Å². The van der Waals surface area contributed by atoms with E-state index in [1.807, 2.05) is 87.7 Å². The number of aromatic nitrogens is 3. The number of thioether (sulfide) groups is 1. The van der Waals surface area contributed by atoms with Crippen LogP contribution < -0.4 is 5.32 Å². The van der Waals surface area contributed by atoms with E-state index in [0.717, 1.165) is 11.3 Å². The summed E-state index contributed by atoms with van der Waals surface area (Å²) in [6.07, 6.45) is 0. The molecule has 1 N–H and O–H groups in total. The molecule has 0 radical (unpaired) electrons. The van der Waals surface area contributed by atoms with Gasteiger partial charge in [0.1, 0.15) is 0 Å². The predicted octanol–water partition coefficient (Wildman–Crippen LogP) is 5.96. The molecular formula is C33H44N6O4S3. The number of sulfonamides is 2. The molecular weight excluding hydrogens is 641 g/mol. The molecule has 0 aliphatic carbocycles. The lowest BCUT2D eigenvalue weighted by Crippen LogP contribution is -2.31. The summed E-state index contributed by atoms with van der Waals surface area (Å²) in [5.41, 5.74) is 3.15. The van der Waals surface area contributed by atoms with Gasteiger partial charge in [0.15, 0.2) is 11.0 Å². The van der Waals surface area contributed by atoms with Crippen LogP contribution in [0.15, 0.2) is 87.7 Å². The molecule has 4 aromatic rings. The summed E-state index contributed by atoms with van der Waals surface area (Å²) in [5, 5.41) is 13.2. The van der Waals surface area contributed by atoms with Crippen molar-refractivity contribution in [2.75, 3.05) is 38.0 Å². The first-order valence-electron chi connectivity index (χ1n) is 15.5. The molecule has 0 aliphatic rings. The molecule has 10 nitrogen and oxygen atoms in total. The maximum absolute atomic E-state index is 13.3. The number of aryl methyl sites for hydroxylation is 1. The SMILES string of the molecule is CCN(CC)S(=O)(=O)c1cccc(-c2nnc(SC(C)CNc3ccc(C)c(S(=O)(=O)N(CC)CC)c3)n2Cc2ccccc2)c1. The summed E-state index contributed by atoms with van der Waals surface area (Å²) in [6, 6.07) is 22.3. The van der Waals surface area contributed by atoms with Crippen molar-refractivity contribution in [1.82, 2.24) is 23.4 Å². The molecule has 13 heteroatoms. The standard InChI is InChI=1S/C33H44N6O4S3/c1-7-37(8-2)45(40,41)30-18-14-17-28(21-30)32-35-36-33(39(32)24-27-15-12-11-13-16-27)44-26(6)23-34-29-20-19-25(5)31(22-29)46(42,43)38(9-3)10-4/h11-22,26,34H,7-10,23-24H2,1-6H3. The molecule has 0 bridgehead atoms. The van der Waals surface area contributed by atoms with Crippen LogP contribution in [0.4, 0.5) is 5.69 Å². The number of benzene rings is 3. The Hall–Kier alpha value is -3.23.